The zero-order valence-corrected chi connectivity index (χ0v) is 16.1. The standard InChI is InChI=1S/C19H18FN5O3S/c20-6-12(7-21)8-25-19(27)24(11-22-25)9-15-3-4-17(29-15)13-1-2-14-10-28-18(26)23-16(14)5-13/h1-6,11H,7-10,21H2,(H,23,26)/b12-6-. The highest BCUT2D eigenvalue weighted by Gasteiger charge is 2.16. The van der Waals surface area contributed by atoms with Gasteiger partial charge in [-0.3, -0.25) is 9.88 Å². The zero-order valence-electron chi connectivity index (χ0n) is 15.3. The Morgan fingerprint density at radius 2 is 2.21 bits per heavy atom. The Kier molecular flexibility index (Phi) is 5.28. The van der Waals surface area contributed by atoms with Crippen LogP contribution in [0.5, 0.6) is 0 Å². The Hall–Kier alpha value is -3.24. The minimum absolute atomic E-state index is 0.0252. The maximum atomic E-state index is 12.7. The summed E-state index contributed by atoms with van der Waals surface area (Å²) in [5.41, 5.74) is 8.02. The molecule has 8 nitrogen and oxygen atoms in total. The van der Waals surface area contributed by atoms with Gasteiger partial charge in [0.2, 0.25) is 0 Å². The Morgan fingerprint density at radius 3 is 3.00 bits per heavy atom. The lowest BCUT2D eigenvalue weighted by molar-refractivity contribution is 0.151. The summed E-state index contributed by atoms with van der Waals surface area (Å²) < 4.78 is 20.3. The molecule has 3 aromatic rings. The van der Waals surface area contributed by atoms with E-state index < -0.39 is 6.09 Å². The highest BCUT2D eigenvalue weighted by atomic mass is 32.1. The van der Waals surface area contributed by atoms with Crippen molar-refractivity contribution in [1.82, 2.24) is 14.3 Å². The molecule has 0 radical (unpaired) electrons. The third-order valence-corrected chi connectivity index (χ3v) is 5.66. The number of thiophene rings is 1. The van der Waals surface area contributed by atoms with Crippen molar-refractivity contribution in [1.29, 1.82) is 0 Å². The number of carbonyl (C=O) groups excluding carboxylic acids is 1. The summed E-state index contributed by atoms with van der Waals surface area (Å²) in [5, 5.41) is 6.72. The average Bonchev–Trinajstić information content (AvgIpc) is 3.33. The molecule has 0 saturated heterocycles. The number of anilines is 1. The Labute approximate surface area is 169 Å². The van der Waals surface area contributed by atoms with Gasteiger partial charge < -0.3 is 10.5 Å². The van der Waals surface area contributed by atoms with Gasteiger partial charge in [-0.05, 0) is 29.3 Å². The van der Waals surface area contributed by atoms with Crippen LogP contribution in [0.15, 0.2) is 53.4 Å². The van der Waals surface area contributed by atoms with E-state index in [9.17, 15) is 14.0 Å². The quantitative estimate of drug-likeness (QED) is 0.644. The molecular formula is C19H18FN5O3S. The van der Waals surface area contributed by atoms with Gasteiger partial charge in [-0.2, -0.15) is 5.10 Å². The number of cyclic esters (lactones) is 1. The van der Waals surface area contributed by atoms with Crippen LogP contribution in [-0.2, 0) is 24.4 Å². The van der Waals surface area contributed by atoms with Gasteiger partial charge >= 0.3 is 11.8 Å². The van der Waals surface area contributed by atoms with Gasteiger partial charge in [0.05, 0.1) is 25.1 Å². The monoisotopic (exact) mass is 415 g/mol. The molecule has 0 saturated carbocycles. The molecule has 10 heteroatoms. The number of halogens is 1. The molecule has 1 amide bonds. The van der Waals surface area contributed by atoms with E-state index in [1.54, 1.807) is 11.3 Å². The second-order valence-electron chi connectivity index (χ2n) is 6.51. The smallest absolute Gasteiger partial charge is 0.411 e. The second-order valence-corrected chi connectivity index (χ2v) is 7.68. The molecule has 150 valence electrons. The number of fused-ring (bicyclic) bond motifs is 1. The largest absolute Gasteiger partial charge is 0.444 e. The van der Waals surface area contributed by atoms with Crippen LogP contribution in [0.1, 0.15) is 10.4 Å². The molecule has 29 heavy (non-hydrogen) atoms. The number of nitrogens with zero attached hydrogens (tertiary/aromatic N) is 3. The van der Waals surface area contributed by atoms with Gasteiger partial charge in [0.1, 0.15) is 12.9 Å². The number of aromatic nitrogens is 3. The number of rotatable bonds is 6. The summed E-state index contributed by atoms with van der Waals surface area (Å²) in [6, 6.07) is 9.71. The lowest BCUT2D eigenvalue weighted by Crippen LogP contribution is -2.26. The normalized spacial score (nSPS) is 13.7. The fraction of sp³-hybridized carbons (Fsp3) is 0.211. The van der Waals surface area contributed by atoms with Crippen LogP contribution >= 0.6 is 11.3 Å². The zero-order chi connectivity index (χ0) is 20.4. The lowest BCUT2D eigenvalue weighted by Gasteiger charge is -2.17. The summed E-state index contributed by atoms with van der Waals surface area (Å²) >= 11 is 1.54. The van der Waals surface area contributed by atoms with Crippen LogP contribution < -0.4 is 16.7 Å². The third-order valence-electron chi connectivity index (χ3n) is 4.54. The number of hydrogen-bond donors (Lipinski definition) is 2. The Balaban J connectivity index is 1.52. The van der Waals surface area contributed by atoms with Crippen LogP contribution in [0.25, 0.3) is 10.4 Å². The van der Waals surface area contributed by atoms with Crippen LogP contribution in [0.4, 0.5) is 14.9 Å². The lowest BCUT2D eigenvalue weighted by atomic mass is 10.1. The molecule has 3 heterocycles. The van der Waals surface area contributed by atoms with Crippen molar-refractivity contribution in [3.8, 4) is 10.4 Å². The predicted octanol–water partition coefficient (Wildman–Crippen LogP) is 2.70. The highest BCUT2D eigenvalue weighted by Crippen LogP contribution is 2.33. The number of hydrogen-bond acceptors (Lipinski definition) is 6. The van der Waals surface area contributed by atoms with E-state index >= 15 is 0 Å². The Bertz CT molecular complexity index is 1150. The minimum Gasteiger partial charge on any atom is -0.444 e. The van der Waals surface area contributed by atoms with Gasteiger partial charge in [0.15, 0.2) is 0 Å². The maximum absolute atomic E-state index is 12.7. The summed E-state index contributed by atoms with van der Waals surface area (Å²) in [4.78, 5) is 25.8. The summed E-state index contributed by atoms with van der Waals surface area (Å²) in [6.07, 6.45) is 1.38. The molecule has 0 spiro atoms. The molecule has 0 bridgehead atoms. The Morgan fingerprint density at radius 1 is 1.34 bits per heavy atom. The van der Waals surface area contributed by atoms with Crippen LogP contribution in [0, 0.1) is 0 Å². The van der Waals surface area contributed by atoms with Crippen LogP contribution in [-0.4, -0.2) is 27.0 Å². The molecule has 0 atom stereocenters. The van der Waals surface area contributed by atoms with Crippen LogP contribution in [0.2, 0.25) is 0 Å². The van der Waals surface area contributed by atoms with Crippen LogP contribution in [0.3, 0.4) is 0 Å². The molecule has 0 unspecified atom stereocenters. The van der Waals surface area contributed by atoms with Crippen molar-refractivity contribution in [2.45, 2.75) is 19.7 Å². The van der Waals surface area contributed by atoms with Crippen molar-refractivity contribution in [2.75, 3.05) is 11.9 Å². The minimum atomic E-state index is -0.460. The van der Waals surface area contributed by atoms with Gasteiger partial charge in [-0.1, -0.05) is 12.1 Å². The first-order valence-corrected chi connectivity index (χ1v) is 9.65. The second kappa shape index (κ2) is 8.02. The van der Waals surface area contributed by atoms with E-state index in [4.69, 9.17) is 10.5 Å². The first kappa shape index (κ1) is 19.1. The number of ether oxygens (including phenoxy) is 1. The fourth-order valence-electron chi connectivity index (χ4n) is 2.97. The van der Waals surface area contributed by atoms with Crippen molar-refractivity contribution in [2.24, 2.45) is 5.73 Å². The number of carbonyl (C=O) groups is 1. The number of nitrogens with one attached hydrogen (secondary N) is 1. The van der Waals surface area contributed by atoms with Gasteiger partial charge in [0.25, 0.3) is 0 Å². The van der Waals surface area contributed by atoms with Crippen molar-refractivity contribution in [3.05, 3.63) is 69.5 Å². The molecule has 2 aromatic heterocycles. The third kappa shape index (κ3) is 3.98. The van der Waals surface area contributed by atoms with Gasteiger partial charge in [-0.15, -0.1) is 11.3 Å². The van der Waals surface area contributed by atoms with E-state index in [2.05, 4.69) is 10.4 Å². The fourth-order valence-corrected chi connectivity index (χ4v) is 3.97. The average molecular weight is 415 g/mol. The first-order valence-electron chi connectivity index (χ1n) is 8.83. The van der Waals surface area contributed by atoms with E-state index in [1.165, 1.54) is 15.6 Å². The van der Waals surface area contributed by atoms with Crippen molar-refractivity contribution in [3.63, 3.8) is 0 Å². The molecule has 0 fully saturated rings. The summed E-state index contributed by atoms with van der Waals surface area (Å²) in [7, 11) is 0. The molecule has 0 aliphatic carbocycles. The van der Waals surface area contributed by atoms with E-state index in [1.807, 2.05) is 30.3 Å². The van der Waals surface area contributed by atoms with Gasteiger partial charge in [-0.25, -0.2) is 18.7 Å². The first-order chi connectivity index (χ1) is 14.1. The molecular weight excluding hydrogens is 397 g/mol. The molecule has 3 N–H and O–H groups in total. The van der Waals surface area contributed by atoms with E-state index in [0.717, 1.165) is 26.6 Å². The van der Waals surface area contributed by atoms with Crippen molar-refractivity contribution >= 4 is 23.1 Å². The van der Waals surface area contributed by atoms with Gasteiger partial charge in [0, 0.05) is 21.9 Å². The number of benzene rings is 1. The maximum Gasteiger partial charge on any atom is 0.411 e. The molecule has 1 aliphatic rings. The molecule has 1 aromatic carbocycles. The highest BCUT2D eigenvalue weighted by molar-refractivity contribution is 7.15. The summed E-state index contributed by atoms with van der Waals surface area (Å²) in [5.74, 6) is 0. The summed E-state index contributed by atoms with van der Waals surface area (Å²) in [6.45, 7) is 0.667. The molecule has 1 aliphatic heterocycles. The number of nitrogens with two attached hydrogens (primary N) is 1. The molecule has 4 rings (SSSR count). The number of amides is 1. The predicted molar refractivity (Wildman–Crippen MR) is 107 cm³/mol. The van der Waals surface area contributed by atoms with E-state index in [-0.39, 0.29) is 25.4 Å². The van der Waals surface area contributed by atoms with E-state index in [0.29, 0.717) is 18.4 Å². The topological polar surface area (TPSA) is 104 Å². The van der Waals surface area contributed by atoms with Crippen molar-refractivity contribution < 1.29 is 13.9 Å². The SMILES string of the molecule is NC/C(=C/F)Cn1ncn(Cc2ccc(-c3ccc4c(c3)NC(=O)OC4)s2)c1=O.